The van der Waals surface area contributed by atoms with Gasteiger partial charge in [-0.3, -0.25) is 9.59 Å². The quantitative estimate of drug-likeness (QED) is 0.614. The maximum Gasteiger partial charge on any atom is 0.258 e. The minimum atomic E-state index is -0.588. The smallest absolute Gasteiger partial charge is 0.258 e. The van der Waals surface area contributed by atoms with Crippen molar-refractivity contribution in [2.45, 2.75) is 40.0 Å². The van der Waals surface area contributed by atoms with Crippen LogP contribution in [-0.2, 0) is 9.59 Å². The molecule has 168 valence electrons. The Morgan fingerprint density at radius 1 is 0.806 bits per heavy atom. The molecule has 0 aliphatic carbocycles. The minimum Gasteiger partial charge on any atom is -0.395 e. The van der Waals surface area contributed by atoms with E-state index in [1.165, 1.54) is 10.0 Å². The molecule has 0 atom stereocenters. The molecule has 0 radical (unpaired) electrons. The molecule has 2 amide bonds. The van der Waals surface area contributed by atoms with E-state index in [1.807, 2.05) is 60.7 Å². The monoisotopic (exact) mass is 425 g/mol. The Balaban J connectivity index is 0.000000366. The number of anilines is 2. The second kappa shape index (κ2) is 12.9. The van der Waals surface area contributed by atoms with E-state index in [-0.39, 0.29) is 18.4 Å². The zero-order valence-electron chi connectivity index (χ0n) is 18.9. The van der Waals surface area contributed by atoms with E-state index in [4.69, 9.17) is 5.11 Å². The van der Waals surface area contributed by atoms with Crippen LogP contribution in [0, 0.1) is 5.92 Å². The lowest BCUT2D eigenvalue weighted by Gasteiger charge is -2.27. The van der Waals surface area contributed by atoms with E-state index >= 15 is 0 Å². The van der Waals surface area contributed by atoms with Gasteiger partial charge in [-0.1, -0.05) is 70.0 Å². The van der Waals surface area contributed by atoms with Gasteiger partial charge in [0.1, 0.15) is 5.92 Å². The van der Waals surface area contributed by atoms with Gasteiger partial charge in [-0.15, -0.1) is 0 Å². The molecule has 6 heteroatoms. The van der Waals surface area contributed by atoms with Crippen LogP contribution in [0.2, 0.25) is 0 Å². The number of likely N-dealkylation sites (N-methyl/N-ethyl adjacent to an activating group) is 1. The predicted octanol–water partition coefficient (Wildman–Crippen LogP) is 4.11. The van der Waals surface area contributed by atoms with Crippen molar-refractivity contribution in [2.24, 2.45) is 5.92 Å². The molecule has 1 heterocycles. The van der Waals surface area contributed by atoms with Gasteiger partial charge in [-0.25, -0.2) is 10.0 Å². The molecule has 1 fully saturated rings. The summed E-state index contributed by atoms with van der Waals surface area (Å²) in [5.41, 5.74) is 1.43. The zero-order valence-corrected chi connectivity index (χ0v) is 18.9. The van der Waals surface area contributed by atoms with Gasteiger partial charge < -0.3 is 10.0 Å². The van der Waals surface area contributed by atoms with E-state index in [2.05, 4.69) is 25.7 Å². The fourth-order valence-electron chi connectivity index (χ4n) is 3.56. The first kappa shape index (κ1) is 24.6. The van der Waals surface area contributed by atoms with Crippen molar-refractivity contribution >= 4 is 23.2 Å². The number of hydrogen-bond acceptors (Lipinski definition) is 4. The summed E-state index contributed by atoms with van der Waals surface area (Å²) in [5, 5.41) is 11.5. The minimum absolute atomic E-state index is 0.140. The van der Waals surface area contributed by atoms with Crippen LogP contribution < -0.4 is 10.0 Å². The van der Waals surface area contributed by atoms with Gasteiger partial charge in [0, 0.05) is 6.54 Å². The standard InChI is InChI=1S/C19H20N2O2.C6H15NO/c1-2-3-14-17-18(22)20(15-10-6-4-7-11-15)21(19(17)23)16-12-8-5-9-13-16;1-3-7(4-2)5-6-8/h4-13,17H,2-3,14H2,1H3;8H,3-6H2,1-2H3. The molecule has 1 saturated heterocycles. The number of carbonyl (C=O) groups is 2. The normalized spacial score (nSPS) is 14.2. The number of unbranched alkanes of at least 4 members (excludes halogenated alkanes) is 1. The summed E-state index contributed by atoms with van der Waals surface area (Å²) in [6, 6.07) is 18.7. The maximum atomic E-state index is 12.9. The molecule has 2 aromatic rings. The lowest BCUT2D eigenvalue weighted by atomic mass is 10.0. The molecule has 0 spiro atoms. The van der Waals surface area contributed by atoms with Crippen LogP contribution >= 0.6 is 0 Å². The van der Waals surface area contributed by atoms with Gasteiger partial charge >= 0.3 is 0 Å². The van der Waals surface area contributed by atoms with Crippen molar-refractivity contribution in [3.05, 3.63) is 60.7 Å². The number of para-hydroxylation sites is 2. The summed E-state index contributed by atoms with van der Waals surface area (Å²) in [5.74, 6) is -0.868. The second-order valence-corrected chi connectivity index (χ2v) is 7.42. The summed E-state index contributed by atoms with van der Waals surface area (Å²) in [6.07, 6.45) is 2.43. The Hall–Kier alpha value is -2.70. The van der Waals surface area contributed by atoms with Gasteiger partial charge in [0.15, 0.2) is 0 Å². The maximum absolute atomic E-state index is 12.9. The zero-order chi connectivity index (χ0) is 22.6. The first-order chi connectivity index (χ1) is 15.1. The van der Waals surface area contributed by atoms with Crippen molar-refractivity contribution in [1.82, 2.24) is 4.90 Å². The Labute approximate surface area is 186 Å². The first-order valence-electron chi connectivity index (χ1n) is 11.2. The van der Waals surface area contributed by atoms with Crippen molar-refractivity contribution in [3.63, 3.8) is 0 Å². The molecule has 3 rings (SSSR count). The number of amides is 2. The van der Waals surface area contributed by atoms with Gasteiger partial charge in [0.05, 0.1) is 18.0 Å². The topological polar surface area (TPSA) is 64.1 Å². The van der Waals surface area contributed by atoms with Crippen LogP contribution in [0.15, 0.2) is 60.7 Å². The fourth-order valence-corrected chi connectivity index (χ4v) is 3.56. The largest absolute Gasteiger partial charge is 0.395 e. The highest BCUT2D eigenvalue weighted by molar-refractivity contribution is 6.22. The average molecular weight is 426 g/mol. The summed E-state index contributed by atoms with van der Waals surface area (Å²) in [7, 11) is 0. The third kappa shape index (κ3) is 6.39. The Morgan fingerprint density at radius 2 is 1.26 bits per heavy atom. The molecule has 0 aromatic heterocycles. The number of nitrogens with zero attached hydrogens (tertiary/aromatic N) is 3. The Kier molecular flexibility index (Phi) is 10.2. The van der Waals surface area contributed by atoms with Gasteiger partial charge in [-0.2, -0.15) is 0 Å². The van der Waals surface area contributed by atoms with E-state index < -0.39 is 5.92 Å². The van der Waals surface area contributed by atoms with Crippen LogP contribution in [-0.4, -0.2) is 48.1 Å². The summed E-state index contributed by atoms with van der Waals surface area (Å²) in [6.45, 7) is 9.43. The molecular weight excluding hydrogens is 390 g/mol. The third-order valence-corrected chi connectivity index (χ3v) is 5.37. The van der Waals surface area contributed by atoms with Crippen molar-refractivity contribution < 1.29 is 14.7 Å². The summed E-state index contributed by atoms with van der Waals surface area (Å²) < 4.78 is 0. The number of aliphatic hydroxyl groups is 1. The number of benzene rings is 2. The molecule has 2 aromatic carbocycles. The van der Waals surface area contributed by atoms with Crippen LogP contribution in [0.4, 0.5) is 11.4 Å². The highest BCUT2D eigenvalue weighted by Gasteiger charge is 2.46. The van der Waals surface area contributed by atoms with Gasteiger partial charge in [0.2, 0.25) is 0 Å². The van der Waals surface area contributed by atoms with Crippen LogP contribution in [0.5, 0.6) is 0 Å². The van der Waals surface area contributed by atoms with E-state index in [1.54, 1.807) is 0 Å². The van der Waals surface area contributed by atoms with E-state index in [0.29, 0.717) is 17.8 Å². The lowest BCUT2D eigenvalue weighted by Crippen LogP contribution is -2.41. The molecule has 1 aliphatic heterocycles. The SMILES string of the molecule is CCCCC1C(=O)N(c2ccccc2)N(c2ccccc2)C1=O.CCN(CC)CCO. The average Bonchev–Trinajstić information content (AvgIpc) is 3.07. The molecule has 1 N–H and O–H groups in total. The number of rotatable bonds is 9. The van der Waals surface area contributed by atoms with Crippen LogP contribution in [0.25, 0.3) is 0 Å². The third-order valence-electron chi connectivity index (χ3n) is 5.37. The van der Waals surface area contributed by atoms with Crippen molar-refractivity contribution in [2.75, 3.05) is 36.3 Å². The number of hydrazine groups is 1. The molecule has 6 nitrogen and oxygen atoms in total. The first-order valence-corrected chi connectivity index (χ1v) is 11.2. The molecule has 1 aliphatic rings. The van der Waals surface area contributed by atoms with Crippen molar-refractivity contribution in [1.29, 1.82) is 0 Å². The second-order valence-electron chi connectivity index (χ2n) is 7.42. The van der Waals surface area contributed by atoms with Crippen LogP contribution in [0.1, 0.15) is 40.0 Å². The van der Waals surface area contributed by atoms with Gasteiger partial charge in [0.25, 0.3) is 11.8 Å². The highest BCUT2D eigenvalue weighted by atomic mass is 16.3. The molecule has 0 unspecified atom stereocenters. The summed E-state index contributed by atoms with van der Waals surface area (Å²) in [4.78, 5) is 27.9. The van der Waals surface area contributed by atoms with Gasteiger partial charge in [-0.05, 0) is 43.8 Å². The number of hydrogen-bond donors (Lipinski definition) is 1. The van der Waals surface area contributed by atoms with E-state index in [0.717, 1.165) is 32.5 Å². The Morgan fingerprint density at radius 3 is 1.58 bits per heavy atom. The number of aliphatic hydroxyl groups excluding tert-OH is 1. The van der Waals surface area contributed by atoms with Crippen LogP contribution in [0.3, 0.4) is 0 Å². The molecule has 0 bridgehead atoms. The Bertz CT molecular complexity index is 737. The summed E-state index contributed by atoms with van der Waals surface area (Å²) >= 11 is 0. The highest BCUT2D eigenvalue weighted by Crippen LogP contribution is 2.33. The van der Waals surface area contributed by atoms with Crippen molar-refractivity contribution in [3.8, 4) is 0 Å². The fraction of sp³-hybridized carbons (Fsp3) is 0.440. The lowest BCUT2D eigenvalue weighted by molar-refractivity contribution is -0.127. The molecular formula is C25H35N3O3. The predicted molar refractivity (Wildman–Crippen MR) is 126 cm³/mol. The number of carbonyl (C=O) groups excluding carboxylic acids is 2. The molecule has 31 heavy (non-hydrogen) atoms. The van der Waals surface area contributed by atoms with E-state index in [9.17, 15) is 9.59 Å². The molecule has 0 saturated carbocycles.